The number of benzene rings is 2. The lowest BCUT2D eigenvalue weighted by Gasteiger charge is -2.14. The maximum absolute atomic E-state index is 13.4. The summed E-state index contributed by atoms with van der Waals surface area (Å²) in [6, 6.07) is 10.8. The number of rotatable bonds is 4. The molecule has 110 valence electrons. The van der Waals surface area contributed by atoms with Gasteiger partial charge in [0.1, 0.15) is 18.2 Å². The Bertz CT molecular complexity index is 652. The molecule has 0 spiro atoms. The molecule has 2 N–H and O–H groups in total. The van der Waals surface area contributed by atoms with Gasteiger partial charge in [-0.15, -0.1) is 0 Å². The van der Waals surface area contributed by atoms with Crippen LogP contribution >= 0.6 is 0 Å². The first-order chi connectivity index (χ1) is 10.1. The first-order valence-corrected chi connectivity index (χ1v) is 7.42. The van der Waals surface area contributed by atoms with E-state index in [1.807, 2.05) is 6.92 Å². The SMILES string of the molecule is C[C@@H](N)c1ccc(F)cc1OCc1ccc2c(c1)CCC2. The summed E-state index contributed by atoms with van der Waals surface area (Å²) in [5.74, 6) is 0.230. The van der Waals surface area contributed by atoms with Crippen LogP contribution in [0.1, 0.15) is 41.6 Å². The van der Waals surface area contributed by atoms with Crippen molar-refractivity contribution in [2.24, 2.45) is 5.73 Å². The average Bonchev–Trinajstić information content (AvgIpc) is 2.92. The predicted molar refractivity (Wildman–Crippen MR) is 81.8 cm³/mol. The molecule has 0 amide bonds. The number of nitrogens with two attached hydrogens (primary N) is 1. The molecule has 0 unspecified atom stereocenters. The zero-order valence-electron chi connectivity index (χ0n) is 12.2. The van der Waals surface area contributed by atoms with Crippen LogP contribution in [-0.2, 0) is 19.4 Å². The number of ether oxygens (including phenoxy) is 1. The van der Waals surface area contributed by atoms with Gasteiger partial charge in [-0.2, -0.15) is 0 Å². The molecule has 0 radical (unpaired) electrons. The molecule has 0 aliphatic heterocycles. The Morgan fingerprint density at radius 1 is 1.14 bits per heavy atom. The number of aryl methyl sites for hydroxylation is 2. The number of halogens is 1. The third kappa shape index (κ3) is 3.08. The Balaban J connectivity index is 1.77. The van der Waals surface area contributed by atoms with E-state index in [1.54, 1.807) is 6.07 Å². The summed E-state index contributed by atoms with van der Waals surface area (Å²) in [5, 5.41) is 0. The molecule has 0 bridgehead atoms. The molecule has 2 aromatic carbocycles. The van der Waals surface area contributed by atoms with Crippen molar-refractivity contribution in [3.05, 3.63) is 64.5 Å². The molecule has 2 nitrogen and oxygen atoms in total. The molecule has 0 fully saturated rings. The molecule has 0 heterocycles. The van der Waals surface area contributed by atoms with Gasteiger partial charge in [-0.1, -0.05) is 24.3 Å². The van der Waals surface area contributed by atoms with Crippen LogP contribution in [0.5, 0.6) is 5.75 Å². The maximum atomic E-state index is 13.4. The summed E-state index contributed by atoms with van der Waals surface area (Å²) in [4.78, 5) is 0. The fourth-order valence-corrected chi connectivity index (χ4v) is 2.89. The summed E-state index contributed by atoms with van der Waals surface area (Å²) in [7, 11) is 0. The van der Waals surface area contributed by atoms with E-state index in [4.69, 9.17) is 10.5 Å². The normalized spacial score (nSPS) is 14.8. The Morgan fingerprint density at radius 2 is 1.95 bits per heavy atom. The van der Waals surface area contributed by atoms with Crippen molar-refractivity contribution in [2.45, 2.75) is 38.8 Å². The second kappa shape index (κ2) is 5.86. The monoisotopic (exact) mass is 285 g/mol. The predicted octanol–water partition coefficient (Wildman–Crippen LogP) is 3.91. The highest BCUT2D eigenvalue weighted by Gasteiger charge is 2.12. The van der Waals surface area contributed by atoms with Crippen LogP contribution in [0.15, 0.2) is 36.4 Å². The molecular formula is C18H20FNO. The van der Waals surface area contributed by atoms with E-state index in [0.29, 0.717) is 12.4 Å². The van der Waals surface area contributed by atoms with Crippen LogP contribution < -0.4 is 10.5 Å². The molecule has 1 aliphatic rings. The van der Waals surface area contributed by atoms with Crippen molar-refractivity contribution in [1.29, 1.82) is 0 Å². The van der Waals surface area contributed by atoms with Crippen molar-refractivity contribution in [1.82, 2.24) is 0 Å². The van der Waals surface area contributed by atoms with E-state index in [-0.39, 0.29) is 11.9 Å². The molecule has 1 atom stereocenters. The van der Waals surface area contributed by atoms with Gasteiger partial charge in [0.05, 0.1) is 0 Å². The molecule has 3 heteroatoms. The maximum Gasteiger partial charge on any atom is 0.127 e. The van der Waals surface area contributed by atoms with E-state index in [1.165, 1.54) is 36.1 Å². The average molecular weight is 285 g/mol. The molecule has 0 saturated carbocycles. The van der Waals surface area contributed by atoms with Crippen LogP contribution in [0, 0.1) is 5.82 Å². The standard InChI is InChI=1S/C18H20FNO/c1-12(20)17-8-7-16(19)10-18(17)21-11-13-5-6-14-3-2-4-15(14)9-13/h5-10,12H,2-4,11,20H2,1H3/t12-/m1/s1. The Labute approximate surface area is 124 Å². The Hall–Kier alpha value is -1.87. The second-order valence-electron chi connectivity index (χ2n) is 5.72. The molecule has 1 aliphatic carbocycles. The summed E-state index contributed by atoms with van der Waals surface area (Å²) < 4.78 is 19.2. The van der Waals surface area contributed by atoms with Crippen LogP contribution in [0.4, 0.5) is 4.39 Å². The fourth-order valence-electron chi connectivity index (χ4n) is 2.89. The smallest absolute Gasteiger partial charge is 0.127 e. The van der Waals surface area contributed by atoms with Gasteiger partial charge in [-0.05, 0) is 48.9 Å². The van der Waals surface area contributed by atoms with E-state index < -0.39 is 0 Å². The van der Waals surface area contributed by atoms with Gasteiger partial charge in [-0.3, -0.25) is 0 Å². The fraction of sp³-hybridized carbons (Fsp3) is 0.333. The minimum absolute atomic E-state index is 0.180. The van der Waals surface area contributed by atoms with E-state index in [2.05, 4.69) is 18.2 Å². The minimum atomic E-state index is -0.302. The lowest BCUT2D eigenvalue weighted by Crippen LogP contribution is -2.08. The van der Waals surface area contributed by atoms with Gasteiger partial charge in [0.2, 0.25) is 0 Å². The van der Waals surface area contributed by atoms with Crippen LogP contribution in [0.3, 0.4) is 0 Å². The molecule has 2 aromatic rings. The van der Waals surface area contributed by atoms with Crippen LogP contribution in [-0.4, -0.2) is 0 Å². The number of hydrogen-bond donors (Lipinski definition) is 1. The van der Waals surface area contributed by atoms with Gasteiger partial charge in [0.25, 0.3) is 0 Å². The van der Waals surface area contributed by atoms with E-state index in [9.17, 15) is 4.39 Å². The van der Waals surface area contributed by atoms with Gasteiger partial charge < -0.3 is 10.5 Å². The molecule has 3 rings (SSSR count). The zero-order chi connectivity index (χ0) is 14.8. The summed E-state index contributed by atoms with van der Waals surface area (Å²) in [5.41, 5.74) is 10.7. The van der Waals surface area contributed by atoms with Crippen molar-refractivity contribution in [3.8, 4) is 5.75 Å². The highest BCUT2D eigenvalue weighted by molar-refractivity contribution is 5.38. The van der Waals surface area contributed by atoms with Crippen molar-refractivity contribution in [2.75, 3.05) is 0 Å². The molecule has 21 heavy (non-hydrogen) atoms. The van der Waals surface area contributed by atoms with Crippen molar-refractivity contribution < 1.29 is 9.13 Å². The van der Waals surface area contributed by atoms with E-state index >= 15 is 0 Å². The second-order valence-corrected chi connectivity index (χ2v) is 5.72. The van der Waals surface area contributed by atoms with Crippen LogP contribution in [0.2, 0.25) is 0 Å². The van der Waals surface area contributed by atoms with Crippen molar-refractivity contribution in [3.63, 3.8) is 0 Å². The number of hydrogen-bond acceptors (Lipinski definition) is 2. The van der Waals surface area contributed by atoms with Crippen LogP contribution in [0.25, 0.3) is 0 Å². The quantitative estimate of drug-likeness (QED) is 0.924. The number of fused-ring (bicyclic) bond motifs is 1. The molecule has 0 aromatic heterocycles. The topological polar surface area (TPSA) is 35.2 Å². The lowest BCUT2D eigenvalue weighted by atomic mass is 10.1. The lowest BCUT2D eigenvalue weighted by molar-refractivity contribution is 0.299. The third-order valence-corrected chi connectivity index (χ3v) is 4.02. The molecular weight excluding hydrogens is 265 g/mol. The largest absolute Gasteiger partial charge is 0.488 e. The van der Waals surface area contributed by atoms with E-state index in [0.717, 1.165) is 17.5 Å². The third-order valence-electron chi connectivity index (χ3n) is 4.02. The Morgan fingerprint density at radius 3 is 2.76 bits per heavy atom. The first kappa shape index (κ1) is 14.1. The van der Waals surface area contributed by atoms with Gasteiger partial charge in [0, 0.05) is 17.7 Å². The highest BCUT2D eigenvalue weighted by Crippen LogP contribution is 2.27. The minimum Gasteiger partial charge on any atom is -0.488 e. The van der Waals surface area contributed by atoms with Gasteiger partial charge >= 0.3 is 0 Å². The first-order valence-electron chi connectivity index (χ1n) is 7.42. The van der Waals surface area contributed by atoms with Gasteiger partial charge in [0.15, 0.2) is 0 Å². The summed E-state index contributed by atoms with van der Waals surface area (Å²) >= 11 is 0. The zero-order valence-corrected chi connectivity index (χ0v) is 12.2. The Kier molecular flexibility index (Phi) is 3.93. The highest BCUT2D eigenvalue weighted by atomic mass is 19.1. The van der Waals surface area contributed by atoms with Crippen molar-refractivity contribution >= 4 is 0 Å². The van der Waals surface area contributed by atoms with Gasteiger partial charge in [-0.25, -0.2) is 4.39 Å². The summed E-state index contributed by atoms with van der Waals surface area (Å²) in [6.45, 7) is 2.31. The summed E-state index contributed by atoms with van der Waals surface area (Å²) in [6.07, 6.45) is 3.56. The molecule has 0 saturated heterocycles.